The molecule has 5 nitrogen and oxygen atoms in total. The zero-order chi connectivity index (χ0) is 14.8. The Morgan fingerprint density at radius 2 is 2.33 bits per heavy atom. The lowest BCUT2D eigenvalue weighted by atomic mass is 10.1. The topological polar surface area (TPSA) is 67.0 Å². The van der Waals surface area contributed by atoms with E-state index in [0.717, 1.165) is 29.1 Å². The molecule has 1 aromatic heterocycles. The molecule has 110 valence electrons. The van der Waals surface area contributed by atoms with Crippen LogP contribution in [0.1, 0.15) is 34.2 Å². The fourth-order valence-corrected chi connectivity index (χ4v) is 2.58. The predicted octanol–water partition coefficient (Wildman–Crippen LogP) is 2.01. The average molecular weight is 285 g/mol. The van der Waals surface area contributed by atoms with E-state index in [1.165, 1.54) is 0 Å². The molecule has 0 spiro atoms. The van der Waals surface area contributed by atoms with Crippen LogP contribution in [0.3, 0.4) is 0 Å². The first-order chi connectivity index (χ1) is 10.1. The van der Waals surface area contributed by atoms with Crippen LogP contribution in [0.2, 0.25) is 0 Å². The van der Waals surface area contributed by atoms with Crippen LogP contribution in [0.15, 0.2) is 24.3 Å². The van der Waals surface area contributed by atoms with Gasteiger partial charge < -0.3 is 10.1 Å². The predicted molar refractivity (Wildman–Crippen MR) is 79.6 cm³/mol. The highest BCUT2D eigenvalue weighted by Crippen LogP contribution is 2.25. The van der Waals surface area contributed by atoms with Gasteiger partial charge in [0.25, 0.3) is 5.91 Å². The van der Waals surface area contributed by atoms with E-state index in [4.69, 9.17) is 4.74 Å². The van der Waals surface area contributed by atoms with Crippen LogP contribution in [-0.2, 0) is 12.8 Å². The number of nitrogens with one attached hydrogen (secondary N) is 2. The largest absolute Gasteiger partial charge is 0.493 e. The Balaban J connectivity index is 1.63. The van der Waals surface area contributed by atoms with Crippen molar-refractivity contribution in [1.29, 1.82) is 0 Å². The van der Waals surface area contributed by atoms with E-state index in [1.807, 2.05) is 38.1 Å². The Bertz CT molecular complexity index is 663. The Kier molecular flexibility index (Phi) is 3.64. The Morgan fingerprint density at radius 1 is 1.48 bits per heavy atom. The standard InChI is InChI=1S/C16H19N3O2/c1-10(7-14-8-11(2)18-19-14)17-16(20)13-3-4-15-12(9-13)5-6-21-15/h3-4,8-10H,5-7H2,1-2H3,(H,17,20)(H,18,19). The quantitative estimate of drug-likeness (QED) is 0.903. The van der Waals surface area contributed by atoms with Crippen molar-refractivity contribution >= 4 is 5.91 Å². The van der Waals surface area contributed by atoms with Crippen LogP contribution in [0.25, 0.3) is 0 Å². The number of hydrogen-bond acceptors (Lipinski definition) is 3. The SMILES string of the molecule is Cc1cc(CC(C)NC(=O)c2ccc3c(c2)CCO3)n[nH]1. The second-order valence-corrected chi connectivity index (χ2v) is 5.54. The van der Waals surface area contributed by atoms with Crippen LogP contribution in [-0.4, -0.2) is 28.8 Å². The van der Waals surface area contributed by atoms with Gasteiger partial charge in [-0.05, 0) is 43.7 Å². The fourth-order valence-electron chi connectivity index (χ4n) is 2.58. The molecule has 1 aromatic carbocycles. The normalized spacial score (nSPS) is 14.4. The summed E-state index contributed by atoms with van der Waals surface area (Å²) in [6.45, 7) is 4.65. The van der Waals surface area contributed by atoms with Crippen LogP contribution in [0, 0.1) is 6.92 Å². The molecule has 1 aliphatic rings. The van der Waals surface area contributed by atoms with Gasteiger partial charge >= 0.3 is 0 Å². The lowest BCUT2D eigenvalue weighted by Gasteiger charge is -2.13. The summed E-state index contributed by atoms with van der Waals surface area (Å²) in [5.74, 6) is 0.844. The maximum absolute atomic E-state index is 12.3. The third-order valence-corrected chi connectivity index (χ3v) is 3.60. The number of carbonyl (C=O) groups excluding carboxylic acids is 1. The highest BCUT2D eigenvalue weighted by Gasteiger charge is 2.16. The maximum atomic E-state index is 12.3. The lowest BCUT2D eigenvalue weighted by Crippen LogP contribution is -2.34. The monoisotopic (exact) mass is 285 g/mol. The number of fused-ring (bicyclic) bond motifs is 1. The summed E-state index contributed by atoms with van der Waals surface area (Å²) in [5.41, 5.74) is 3.78. The van der Waals surface area contributed by atoms with Crippen molar-refractivity contribution in [2.75, 3.05) is 6.61 Å². The van der Waals surface area contributed by atoms with E-state index in [-0.39, 0.29) is 11.9 Å². The zero-order valence-corrected chi connectivity index (χ0v) is 12.3. The van der Waals surface area contributed by atoms with E-state index in [0.29, 0.717) is 18.6 Å². The molecular weight excluding hydrogens is 266 g/mol. The summed E-state index contributed by atoms with van der Waals surface area (Å²) in [5, 5.41) is 10.1. The summed E-state index contributed by atoms with van der Waals surface area (Å²) < 4.78 is 5.45. The van der Waals surface area contributed by atoms with Crippen LogP contribution in [0.5, 0.6) is 5.75 Å². The minimum atomic E-state index is -0.0514. The number of aryl methyl sites for hydroxylation is 1. The first-order valence-corrected chi connectivity index (χ1v) is 7.19. The average Bonchev–Trinajstić information content (AvgIpc) is 3.06. The van der Waals surface area contributed by atoms with E-state index < -0.39 is 0 Å². The number of aromatic nitrogens is 2. The van der Waals surface area contributed by atoms with Crippen molar-refractivity contribution < 1.29 is 9.53 Å². The molecule has 0 saturated heterocycles. The van der Waals surface area contributed by atoms with E-state index in [1.54, 1.807) is 0 Å². The van der Waals surface area contributed by atoms with Crippen molar-refractivity contribution in [3.63, 3.8) is 0 Å². The van der Waals surface area contributed by atoms with Gasteiger partial charge in [0, 0.05) is 30.1 Å². The summed E-state index contributed by atoms with van der Waals surface area (Å²) in [6.07, 6.45) is 1.59. The van der Waals surface area contributed by atoms with Crippen LogP contribution >= 0.6 is 0 Å². The minimum Gasteiger partial charge on any atom is -0.493 e. The Labute approximate surface area is 123 Å². The third-order valence-electron chi connectivity index (χ3n) is 3.60. The number of rotatable bonds is 4. The van der Waals surface area contributed by atoms with Gasteiger partial charge in [-0.3, -0.25) is 9.89 Å². The molecule has 1 aliphatic heterocycles. The highest BCUT2D eigenvalue weighted by atomic mass is 16.5. The smallest absolute Gasteiger partial charge is 0.251 e. The molecule has 0 aliphatic carbocycles. The first kappa shape index (κ1) is 13.7. The maximum Gasteiger partial charge on any atom is 0.251 e. The molecule has 0 bridgehead atoms. The second-order valence-electron chi connectivity index (χ2n) is 5.54. The molecule has 1 unspecified atom stereocenters. The molecule has 0 saturated carbocycles. The van der Waals surface area contributed by atoms with Crippen LogP contribution in [0.4, 0.5) is 0 Å². The van der Waals surface area contributed by atoms with Crippen molar-refractivity contribution in [2.24, 2.45) is 0 Å². The zero-order valence-electron chi connectivity index (χ0n) is 12.3. The van der Waals surface area contributed by atoms with Crippen LogP contribution < -0.4 is 10.1 Å². The molecule has 0 fully saturated rings. The summed E-state index contributed by atoms with van der Waals surface area (Å²) in [7, 11) is 0. The van der Waals surface area contributed by atoms with E-state index in [9.17, 15) is 4.79 Å². The van der Waals surface area contributed by atoms with Crippen molar-refractivity contribution in [3.05, 3.63) is 46.8 Å². The van der Waals surface area contributed by atoms with Gasteiger partial charge in [0.05, 0.1) is 12.3 Å². The molecule has 21 heavy (non-hydrogen) atoms. The van der Waals surface area contributed by atoms with Gasteiger partial charge in [0.2, 0.25) is 0 Å². The molecular formula is C16H19N3O2. The van der Waals surface area contributed by atoms with E-state index >= 15 is 0 Å². The van der Waals surface area contributed by atoms with Gasteiger partial charge in [0.15, 0.2) is 0 Å². The number of carbonyl (C=O) groups is 1. The Hall–Kier alpha value is -2.30. The summed E-state index contributed by atoms with van der Waals surface area (Å²) in [4.78, 5) is 12.3. The van der Waals surface area contributed by atoms with Gasteiger partial charge in [-0.1, -0.05) is 0 Å². The number of ether oxygens (including phenoxy) is 1. The summed E-state index contributed by atoms with van der Waals surface area (Å²) >= 11 is 0. The number of aromatic amines is 1. The number of hydrogen-bond donors (Lipinski definition) is 2. The molecule has 2 N–H and O–H groups in total. The summed E-state index contributed by atoms with van der Waals surface area (Å²) in [6, 6.07) is 7.63. The van der Waals surface area contributed by atoms with Crippen molar-refractivity contribution in [3.8, 4) is 5.75 Å². The number of amides is 1. The molecule has 2 heterocycles. The van der Waals surface area contributed by atoms with Crippen molar-refractivity contribution in [1.82, 2.24) is 15.5 Å². The molecule has 3 rings (SSSR count). The minimum absolute atomic E-state index is 0.0321. The van der Waals surface area contributed by atoms with Crippen molar-refractivity contribution in [2.45, 2.75) is 32.7 Å². The third kappa shape index (κ3) is 3.07. The van der Waals surface area contributed by atoms with E-state index in [2.05, 4.69) is 15.5 Å². The number of nitrogens with zero attached hydrogens (tertiary/aromatic N) is 1. The number of benzene rings is 1. The van der Waals surface area contributed by atoms with Gasteiger partial charge in [0.1, 0.15) is 5.75 Å². The fraction of sp³-hybridized carbons (Fsp3) is 0.375. The molecule has 0 radical (unpaired) electrons. The molecule has 1 amide bonds. The van der Waals surface area contributed by atoms with Gasteiger partial charge in [-0.25, -0.2) is 0 Å². The molecule has 2 aromatic rings. The lowest BCUT2D eigenvalue weighted by molar-refractivity contribution is 0.0940. The molecule has 5 heteroatoms. The van der Waals surface area contributed by atoms with Gasteiger partial charge in [-0.15, -0.1) is 0 Å². The number of H-pyrrole nitrogens is 1. The highest BCUT2D eigenvalue weighted by molar-refractivity contribution is 5.94. The van der Waals surface area contributed by atoms with Gasteiger partial charge in [-0.2, -0.15) is 5.10 Å². The second kappa shape index (κ2) is 5.60. The molecule has 1 atom stereocenters. The first-order valence-electron chi connectivity index (χ1n) is 7.19. The Morgan fingerprint density at radius 3 is 3.10 bits per heavy atom.